The van der Waals surface area contributed by atoms with Crippen LogP contribution in [0.1, 0.15) is 26.2 Å². The minimum Gasteiger partial charge on any atom is -0.394 e. The van der Waals surface area contributed by atoms with Crippen LogP contribution in [0.4, 0.5) is 4.79 Å². The van der Waals surface area contributed by atoms with Gasteiger partial charge in [0, 0.05) is 6.04 Å². The molecule has 1 unspecified atom stereocenters. The number of nitrogens with zero attached hydrogens (tertiary/aromatic N) is 1. The second-order valence-electron chi connectivity index (χ2n) is 3.81. The quantitative estimate of drug-likeness (QED) is 0.506. The van der Waals surface area contributed by atoms with Crippen molar-refractivity contribution in [2.24, 2.45) is 0 Å². The van der Waals surface area contributed by atoms with Crippen LogP contribution in [0.15, 0.2) is 11.6 Å². The number of allylic oxidation sites excluding steroid dienone is 1. The van der Waals surface area contributed by atoms with Gasteiger partial charge in [-0.25, -0.2) is 4.79 Å². The van der Waals surface area contributed by atoms with Gasteiger partial charge in [-0.1, -0.05) is 24.5 Å². The van der Waals surface area contributed by atoms with Crippen molar-refractivity contribution in [3.63, 3.8) is 0 Å². The summed E-state index contributed by atoms with van der Waals surface area (Å²) in [6.07, 6.45) is 5.29. The molecule has 5 heteroatoms. The molecule has 0 saturated carbocycles. The zero-order chi connectivity index (χ0) is 11.3. The highest BCUT2D eigenvalue weighted by Gasteiger charge is 2.16. The lowest BCUT2D eigenvalue weighted by Crippen LogP contribution is -2.41. The topological polar surface area (TPSA) is 52.6 Å². The van der Waals surface area contributed by atoms with Crippen LogP contribution in [0.5, 0.6) is 0 Å². The van der Waals surface area contributed by atoms with Gasteiger partial charge in [-0.05, 0) is 26.2 Å². The van der Waals surface area contributed by atoms with E-state index in [1.807, 2.05) is 0 Å². The molecule has 4 nitrogen and oxygen atoms in total. The zero-order valence-corrected chi connectivity index (χ0v) is 9.83. The number of rotatable bonds is 3. The van der Waals surface area contributed by atoms with Gasteiger partial charge in [0.25, 0.3) is 0 Å². The molecule has 1 atom stereocenters. The second kappa shape index (κ2) is 6.02. The maximum atomic E-state index is 11.5. The summed E-state index contributed by atoms with van der Waals surface area (Å²) in [6.45, 7) is 2.24. The van der Waals surface area contributed by atoms with E-state index in [2.05, 4.69) is 31.1 Å². The number of thiol groups is 1. The number of aliphatic hydroxyl groups is 1. The number of urea groups is 1. The number of amides is 2. The van der Waals surface area contributed by atoms with Crippen molar-refractivity contribution in [3.05, 3.63) is 11.6 Å². The number of carbonyl (C=O) groups excluding carboxylic acids is 1. The normalized spacial score (nSPS) is 20.7. The molecule has 0 aromatic rings. The molecule has 0 radical (unpaired) electrons. The first kappa shape index (κ1) is 12.4. The third kappa shape index (κ3) is 4.13. The predicted molar refractivity (Wildman–Crippen MR) is 62.7 cm³/mol. The fourth-order valence-electron chi connectivity index (χ4n) is 1.65. The van der Waals surface area contributed by atoms with E-state index in [1.54, 1.807) is 0 Å². The first-order chi connectivity index (χ1) is 7.13. The van der Waals surface area contributed by atoms with Crippen molar-refractivity contribution in [3.8, 4) is 0 Å². The van der Waals surface area contributed by atoms with Gasteiger partial charge in [0.15, 0.2) is 0 Å². The Bertz CT molecular complexity index is 256. The summed E-state index contributed by atoms with van der Waals surface area (Å²) < 4.78 is 1.19. The zero-order valence-electron chi connectivity index (χ0n) is 8.94. The van der Waals surface area contributed by atoms with Crippen molar-refractivity contribution < 1.29 is 9.90 Å². The smallest absolute Gasteiger partial charge is 0.327 e. The van der Waals surface area contributed by atoms with Gasteiger partial charge in [0.1, 0.15) is 0 Å². The van der Waals surface area contributed by atoms with Gasteiger partial charge in [-0.3, -0.25) is 4.31 Å². The van der Waals surface area contributed by atoms with E-state index in [4.69, 9.17) is 5.11 Å². The molecule has 2 N–H and O–H groups in total. The monoisotopic (exact) mass is 230 g/mol. The maximum Gasteiger partial charge on any atom is 0.327 e. The van der Waals surface area contributed by atoms with Gasteiger partial charge in [-0.15, -0.1) is 0 Å². The highest BCUT2D eigenvalue weighted by Crippen LogP contribution is 2.17. The van der Waals surface area contributed by atoms with E-state index in [0.29, 0.717) is 0 Å². The van der Waals surface area contributed by atoms with E-state index in [1.165, 1.54) is 9.88 Å². The Balaban J connectivity index is 2.40. The van der Waals surface area contributed by atoms with E-state index >= 15 is 0 Å². The molecule has 0 spiro atoms. The summed E-state index contributed by atoms with van der Waals surface area (Å²) in [6, 6.07) is -0.136. The molecule has 0 aromatic carbocycles. The summed E-state index contributed by atoms with van der Waals surface area (Å²) in [5.41, 5.74) is 1.32. The number of carbonyl (C=O) groups is 1. The van der Waals surface area contributed by atoms with Gasteiger partial charge >= 0.3 is 6.03 Å². The van der Waals surface area contributed by atoms with E-state index in [9.17, 15) is 4.79 Å². The number of aliphatic hydroxyl groups excluding tert-OH is 1. The average Bonchev–Trinajstić information content (AvgIpc) is 2.18. The Kier molecular flexibility index (Phi) is 4.98. The predicted octanol–water partition coefficient (Wildman–Crippen LogP) is 1.33. The van der Waals surface area contributed by atoms with E-state index in [0.717, 1.165) is 19.3 Å². The van der Waals surface area contributed by atoms with Crippen LogP contribution in [0.3, 0.4) is 0 Å². The summed E-state index contributed by atoms with van der Waals surface area (Å²) >= 11 is 3.97. The van der Waals surface area contributed by atoms with Gasteiger partial charge in [-0.2, -0.15) is 0 Å². The third-order valence-electron chi connectivity index (χ3n) is 2.43. The number of nitrogens with one attached hydrogen (secondary N) is 1. The first-order valence-electron chi connectivity index (χ1n) is 5.18. The van der Waals surface area contributed by atoms with Crippen molar-refractivity contribution in [2.45, 2.75) is 32.2 Å². The first-order valence-corrected chi connectivity index (χ1v) is 5.58. The highest BCUT2D eigenvalue weighted by atomic mass is 32.1. The van der Waals surface area contributed by atoms with Crippen molar-refractivity contribution >= 4 is 18.8 Å². The Labute approximate surface area is 95.9 Å². The molecule has 1 rings (SSSR count). The van der Waals surface area contributed by atoms with Crippen LogP contribution in [0, 0.1) is 0 Å². The standard InChI is InChI=1S/C10H18N2O2S/c1-8-3-2-4-9(7-8)11-10(14)12(15)5-6-13/h7,9,13,15H,2-6H2,1H3,(H,11,14). The van der Waals surface area contributed by atoms with Crippen molar-refractivity contribution in [2.75, 3.05) is 13.2 Å². The summed E-state index contributed by atoms with van der Waals surface area (Å²) in [5.74, 6) is 0. The fraction of sp³-hybridized carbons (Fsp3) is 0.700. The molecule has 0 heterocycles. The Morgan fingerprint density at radius 3 is 3.13 bits per heavy atom. The van der Waals surface area contributed by atoms with Crippen LogP contribution in [-0.2, 0) is 0 Å². The lowest BCUT2D eigenvalue weighted by atomic mass is 9.97. The van der Waals surface area contributed by atoms with Crippen molar-refractivity contribution in [1.29, 1.82) is 0 Å². The van der Waals surface area contributed by atoms with Crippen molar-refractivity contribution in [1.82, 2.24) is 9.62 Å². The minimum absolute atomic E-state index is 0.0730. The van der Waals surface area contributed by atoms with Crippen LogP contribution in [0.2, 0.25) is 0 Å². The Morgan fingerprint density at radius 2 is 2.53 bits per heavy atom. The molecular weight excluding hydrogens is 212 g/mol. The highest BCUT2D eigenvalue weighted by molar-refractivity contribution is 7.78. The molecule has 1 aliphatic carbocycles. The molecule has 0 aliphatic heterocycles. The van der Waals surface area contributed by atoms with E-state index < -0.39 is 0 Å². The summed E-state index contributed by atoms with van der Waals surface area (Å²) in [7, 11) is 0. The molecule has 86 valence electrons. The third-order valence-corrected chi connectivity index (χ3v) is 2.81. The molecule has 0 aromatic heterocycles. The molecule has 1 aliphatic rings. The minimum atomic E-state index is -0.247. The van der Waals surface area contributed by atoms with Gasteiger partial charge < -0.3 is 10.4 Å². The average molecular weight is 230 g/mol. The molecular formula is C10H18N2O2S. The maximum absolute atomic E-state index is 11.5. The SMILES string of the molecule is CC1=CC(NC(=O)N(S)CCO)CCC1. The molecule has 0 saturated heterocycles. The van der Waals surface area contributed by atoms with E-state index in [-0.39, 0.29) is 25.2 Å². The molecule has 2 amide bonds. The lowest BCUT2D eigenvalue weighted by Gasteiger charge is -2.23. The molecule has 15 heavy (non-hydrogen) atoms. The van der Waals surface area contributed by atoms with Crippen LogP contribution in [-0.4, -0.2) is 34.6 Å². The molecule has 0 fully saturated rings. The van der Waals surface area contributed by atoms with Crippen LogP contribution in [0.25, 0.3) is 0 Å². The number of hydrogen-bond acceptors (Lipinski definition) is 3. The summed E-state index contributed by atoms with van der Waals surface area (Å²) in [4.78, 5) is 11.5. The van der Waals surface area contributed by atoms with Gasteiger partial charge in [0.05, 0.1) is 13.2 Å². The van der Waals surface area contributed by atoms with Crippen LogP contribution >= 0.6 is 12.8 Å². The van der Waals surface area contributed by atoms with Gasteiger partial charge in [0.2, 0.25) is 0 Å². The molecule has 0 bridgehead atoms. The summed E-state index contributed by atoms with van der Waals surface area (Å²) in [5, 5.41) is 11.5. The van der Waals surface area contributed by atoms with Crippen LogP contribution < -0.4 is 5.32 Å². The number of hydrogen-bond donors (Lipinski definition) is 3. The largest absolute Gasteiger partial charge is 0.394 e. The Hall–Kier alpha value is -0.680. The Morgan fingerprint density at radius 1 is 1.80 bits per heavy atom. The fourth-order valence-corrected chi connectivity index (χ4v) is 1.80. The second-order valence-corrected chi connectivity index (χ2v) is 4.29. The lowest BCUT2D eigenvalue weighted by molar-refractivity contribution is 0.211.